The maximum absolute atomic E-state index is 11.3. The van der Waals surface area contributed by atoms with Gasteiger partial charge in [-0.2, -0.15) is 0 Å². The summed E-state index contributed by atoms with van der Waals surface area (Å²) in [6.07, 6.45) is 7.30. The van der Waals surface area contributed by atoms with Crippen molar-refractivity contribution in [3.8, 4) is 5.82 Å². The lowest BCUT2D eigenvalue weighted by Crippen LogP contribution is -2.00. The molecule has 4 nitrogen and oxygen atoms in total. The average Bonchev–Trinajstić information content (AvgIpc) is 3.03. The number of carbonyl (C=O) groups excluding carboxylic acids is 2. The van der Waals surface area contributed by atoms with E-state index in [1.807, 2.05) is 22.9 Å². The minimum absolute atomic E-state index is 0.601. The smallest absolute Gasteiger partial charge is 0.167 e. The molecule has 0 aromatic carbocycles. The van der Waals surface area contributed by atoms with E-state index in [0.717, 1.165) is 55.2 Å². The summed E-state index contributed by atoms with van der Waals surface area (Å²) in [6, 6.07) is 3.92. The van der Waals surface area contributed by atoms with Crippen LogP contribution in [-0.2, 0) is 12.8 Å². The van der Waals surface area contributed by atoms with Gasteiger partial charge in [-0.25, -0.2) is 0 Å². The number of H-pyrrole nitrogens is 1. The van der Waals surface area contributed by atoms with Gasteiger partial charge in [0.1, 0.15) is 5.82 Å². The molecule has 2 rings (SSSR count). The lowest BCUT2D eigenvalue weighted by molar-refractivity contribution is 0.111. The molecule has 2 aromatic rings. The number of carbonyl (C=O) groups is 2. The Morgan fingerprint density at radius 1 is 1.10 bits per heavy atom. The molecule has 0 atom stereocenters. The zero-order chi connectivity index (χ0) is 14.5. The first kappa shape index (κ1) is 14.3. The third kappa shape index (κ3) is 2.59. The van der Waals surface area contributed by atoms with Crippen LogP contribution in [0.1, 0.15) is 58.8 Å². The number of nitrogens with one attached hydrogen (secondary N) is 1. The predicted octanol–water partition coefficient (Wildman–Crippen LogP) is 3.34. The Balaban J connectivity index is 2.45. The average molecular weight is 272 g/mol. The van der Waals surface area contributed by atoms with Gasteiger partial charge in [-0.15, -0.1) is 0 Å². The van der Waals surface area contributed by atoms with Gasteiger partial charge in [-0.1, -0.05) is 26.7 Å². The van der Waals surface area contributed by atoms with Gasteiger partial charge in [0.2, 0.25) is 0 Å². The third-order valence-electron chi connectivity index (χ3n) is 3.46. The lowest BCUT2D eigenvalue weighted by atomic mass is 10.1. The largest absolute Gasteiger partial charge is 0.338 e. The molecular weight excluding hydrogens is 252 g/mol. The van der Waals surface area contributed by atoms with Gasteiger partial charge >= 0.3 is 0 Å². The van der Waals surface area contributed by atoms with Gasteiger partial charge in [-0.3, -0.25) is 14.2 Å². The molecule has 0 aliphatic carbocycles. The van der Waals surface area contributed by atoms with Gasteiger partial charge in [0.25, 0.3) is 0 Å². The first-order valence-corrected chi connectivity index (χ1v) is 7.07. The second-order valence-corrected chi connectivity index (χ2v) is 4.93. The van der Waals surface area contributed by atoms with E-state index < -0.39 is 0 Å². The summed E-state index contributed by atoms with van der Waals surface area (Å²) >= 11 is 0. The Kier molecular flexibility index (Phi) is 4.56. The number of rotatable bonds is 7. The molecule has 0 radical (unpaired) electrons. The van der Waals surface area contributed by atoms with Crippen molar-refractivity contribution in [2.45, 2.75) is 39.5 Å². The second kappa shape index (κ2) is 6.37. The molecule has 0 saturated carbocycles. The van der Waals surface area contributed by atoms with Gasteiger partial charge in [-0.05, 0) is 36.1 Å². The van der Waals surface area contributed by atoms with Crippen LogP contribution in [0.2, 0.25) is 0 Å². The quantitative estimate of drug-likeness (QED) is 0.786. The molecule has 106 valence electrons. The summed E-state index contributed by atoms with van der Waals surface area (Å²) in [6.45, 7) is 4.16. The summed E-state index contributed by atoms with van der Waals surface area (Å²) in [5, 5.41) is 0. The molecule has 20 heavy (non-hydrogen) atoms. The number of aryl methyl sites for hydroxylation is 2. The highest BCUT2D eigenvalue weighted by molar-refractivity contribution is 5.78. The van der Waals surface area contributed by atoms with Crippen molar-refractivity contribution in [3.05, 3.63) is 40.8 Å². The fourth-order valence-corrected chi connectivity index (χ4v) is 2.52. The van der Waals surface area contributed by atoms with Gasteiger partial charge in [0.05, 0.1) is 11.4 Å². The highest BCUT2D eigenvalue weighted by atomic mass is 16.1. The Bertz CT molecular complexity index is 608. The Labute approximate surface area is 118 Å². The third-order valence-corrected chi connectivity index (χ3v) is 3.46. The Hall–Kier alpha value is -2.10. The first-order chi connectivity index (χ1) is 9.74. The molecular formula is C16H20N2O2. The van der Waals surface area contributed by atoms with Crippen LogP contribution in [0.15, 0.2) is 18.3 Å². The van der Waals surface area contributed by atoms with E-state index >= 15 is 0 Å². The van der Waals surface area contributed by atoms with Crippen molar-refractivity contribution in [3.63, 3.8) is 0 Å². The maximum atomic E-state index is 11.3. The van der Waals surface area contributed by atoms with Crippen molar-refractivity contribution in [2.75, 3.05) is 0 Å². The highest BCUT2D eigenvalue weighted by Crippen LogP contribution is 2.20. The van der Waals surface area contributed by atoms with E-state index in [0.29, 0.717) is 11.4 Å². The second-order valence-electron chi connectivity index (χ2n) is 4.93. The fourth-order valence-electron chi connectivity index (χ4n) is 2.52. The first-order valence-electron chi connectivity index (χ1n) is 7.07. The normalized spacial score (nSPS) is 10.7. The highest BCUT2D eigenvalue weighted by Gasteiger charge is 2.13. The van der Waals surface area contributed by atoms with Crippen molar-refractivity contribution < 1.29 is 9.59 Å². The Morgan fingerprint density at radius 2 is 1.80 bits per heavy atom. The van der Waals surface area contributed by atoms with Crippen LogP contribution in [0.25, 0.3) is 5.82 Å². The summed E-state index contributed by atoms with van der Waals surface area (Å²) in [5.74, 6) is 0.778. The summed E-state index contributed by atoms with van der Waals surface area (Å²) in [4.78, 5) is 25.5. The van der Waals surface area contributed by atoms with Crippen LogP contribution < -0.4 is 0 Å². The molecule has 0 aliphatic rings. The van der Waals surface area contributed by atoms with E-state index in [2.05, 4.69) is 18.8 Å². The fraction of sp³-hybridized carbons (Fsp3) is 0.375. The predicted molar refractivity (Wildman–Crippen MR) is 78.9 cm³/mol. The molecule has 0 unspecified atom stereocenters. The number of nitrogens with zero attached hydrogens (tertiary/aromatic N) is 1. The van der Waals surface area contributed by atoms with E-state index in [9.17, 15) is 9.59 Å². The van der Waals surface area contributed by atoms with Crippen molar-refractivity contribution in [1.29, 1.82) is 0 Å². The molecule has 1 N–H and O–H groups in total. The van der Waals surface area contributed by atoms with E-state index in [1.165, 1.54) is 0 Å². The molecule has 0 saturated heterocycles. The van der Waals surface area contributed by atoms with Crippen LogP contribution in [0, 0.1) is 0 Å². The molecule has 0 aliphatic heterocycles. The van der Waals surface area contributed by atoms with Gasteiger partial charge < -0.3 is 4.98 Å². The monoisotopic (exact) mass is 272 g/mol. The number of aromatic amines is 1. The van der Waals surface area contributed by atoms with Crippen LogP contribution >= 0.6 is 0 Å². The molecule has 2 aromatic heterocycles. The summed E-state index contributed by atoms with van der Waals surface area (Å²) in [5.41, 5.74) is 3.31. The van der Waals surface area contributed by atoms with Crippen LogP contribution in [-0.4, -0.2) is 22.1 Å². The van der Waals surface area contributed by atoms with E-state index in [1.54, 1.807) is 0 Å². The van der Waals surface area contributed by atoms with Gasteiger partial charge in [0, 0.05) is 6.20 Å². The number of hydrogen-bond donors (Lipinski definition) is 1. The SMILES string of the molecule is CCCc1cc(-n2ccc(CCC)c2C=O)[nH]c1C=O. The molecule has 0 bridgehead atoms. The summed E-state index contributed by atoms with van der Waals surface area (Å²) in [7, 11) is 0. The zero-order valence-electron chi connectivity index (χ0n) is 12.0. The number of aldehydes is 2. The lowest BCUT2D eigenvalue weighted by Gasteiger charge is -2.03. The van der Waals surface area contributed by atoms with Crippen molar-refractivity contribution >= 4 is 12.6 Å². The standard InChI is InChI=1S/C16H20N2O2/c1-3-5-12-7-8-18(15(12)11-20)16-9-13(6-4-2)14(10-19)17-16/h7-11,17H,3-6H2,1-2H3. The van der Waals surface area contributed by atoms with Crippen LogP contribution in [0.4, 0.5) is 0 Å². The minimum atomic E-state index is 0.601. The van der Waals surface area contributed by atoms with Crippen LogP contribution in [0.5, 0.6) is 0 Å². The Morgan fingerprint density at radius 3 is 2.40 bits per heavy atom. The molecule has 0 spiro atoms. The molecule has 0 amide bonds. The minimum Gasteiger partial charge on any atom is -0.338 e. The van der Waals surface area contributed by atoms with Gasteiger partial charge in [0.15, 0.2) is 12.6 Å². The van der Waals surface area contributed by atoms with Crippen molar-refractivity contribution in [1.82, 2.24) is 9.55 Å². The number of aromatic nitrogens is 2. The number of hydrogen-bond acceptors (Lipinski definition) is 2. The maximum Gasteiger partial charge on any atom is 0.167 e. The topological polar surface area (TPSA) is 54.9 Å². The molecule has 0 fully saturated rings. The zero-order valence-corrected chi connectivity index (χ0v) is 12.0. The van der Waals surface area contributed by atoms with E-state index in [4.69, 9.17) is 0 Å². The van der Waals surface area contributed by atoms with Crippen molar-refractivity contribution in [2.24, 2.45) is 0 Å². The van der Waals surface area contributed by atoms with E-state index in [-0.39, 0.29) is 0 Å². The summed E-state index contributed by atoms with van der Waals surface area (Å²) < 4.78 is 1.82. The molecule has 2 heterocycles. The molecule has 4 heteroatoms. The van der Waals surface area contributed by atoms with Crippen LogP contribution in [0.3, 0.4) is 0 Å².